The number of hydrogen-bond acceptors (Lipinski definition) is 2. The summed E-state index contributed by atoms with van der Waals surface area (Å²) in [5.41, 5.74) is 1.21. The minimum Gasteiger partial charge on any atom is -0.490 e. The molecule has 1 saturated heterocycles. The molecule has 2 aromatic rings. The van der Waals surface area contributed by atoms with E-state index in [0.29, 0.717) is 6.61 Å². The highest BCUT2D eigenvalue weighted by Crippen LogP contribution is 2.29. The van der Waals surface area contributed by atoms with Crippen molar-refractivity contribution in [2.45, 2.75) is 12.5 Å². The summed E-state index contributed by atoms with van der Waals surface area (Å²) in [5.74, 6) is 0.948. The Balaban J connectivity index is 1.99. The third kappa shape index (κ3) is 2.24. The molecule has 1 aliphatic heterocycles. The van der Waals surface area contributed by atoms with Crippen LogP contribution in [0.25, 0.3) is 10.8 Å². The first-order valence-electron chi connectivity index (χ1n) is 6.24. The van der Waals surface area contributed by atoms with Gasteiger partial charge in [0.15, 0.2) is 0 Å². The van der Waals surface area contributed by atoms with Gasteiger partial charge in [0.25, 0.3) is 0 Å². The second-order valence-electron chi connectivity index (χ2n) is 4.52. The lowest BCUT2D eigenvalue weighted by molar-refractivity contribution is 0.262. The van der Waals surface area contributed by atoms with Crippen LogP contribution in [0.15, 0.2) is 49.1 Å². The number of ether oxygens (including phenoxy) is 2. The Morgan fingerprint density at radius 1 is 1.28 bits per heavy atom. The van der Waals surface area contributed by atoms with Crippen LogP contribution < -0.4 is 4.74 Å². The molecule has 2 aromatic carbocycles. The number of benzene rings is 2. The Labute approximate surface area is 107 Å². The first-order chi connectivity index (χ1) is 8.88. The predicted molar refractivity (Wildman–Crippen MR) is 73.1 cm³/mol. The first-order valence-corrected chi connectivity index (χ1v) is 6.24. The molecular formula is C16H16O2. The summed E-state index contributed by atoms with van der Waals surface area (Å²) in [6.07, 6.45) is 3.03. The van der Waals surface area contributed by atoms with E-state index < -0.39 is 0 Å². The zero-order chi connectivity index (χ0) is 12.4. The lowest BCUT2D eigenvalue weighted by Crippen LogP contribution is -2.06. The van der Waals surface area contributed by atoms with Gasteiger partial charge < -0.3 is 9.47 Å². The van der Waals surface area contributed by atoms with Crippen LogP contribution in [-0.2, 0) is 11.2 Å². The van der Waals surface area contributed by atoms with Crippen molar-refractivity contribution in [3.8, 4) is 5.75 Å². The maximum absolute atomic E-state index is 5.85. The van der Waals surface area contributed by atoms with Crippen molar-refractivity contribution in [3.63, 3.8) is 0 Å². The molecule has 0 bridgehead atoms. The Hall–Kier alpha value is -1.80. The summed E-state index contributed by atoms with van der Waals surface area (Å²) in [7, 11) is 0. The van der Waals surface area contributed by atoms with E-state index in [-0.39, 0.29) is 6.10 Å². The van der Waals surface area contributed by atoms with Gasteiger partial charge in [-0.2, -0.15) is 0 Å². The highest BCUT2D eigenvalue weighted by atomic mass is 16.6. The molecule has 1 unspecified atom stereocenters. The maximum atomic E-state index is 5.85. The normalized spacial score (nSPS) is 17.7. The second kappa shape index (κ2) is 4.83. The van der Waals surface area contributed by atoms with Gasteiger partial charge in [-0.15, -0.1) is 6.58 Å². The third-order valence-corrected chi connectivity index (χ3v) is 3.17. The summed E-state index contributed by atoms with van der Waals surface area (Å²) in [4.78, 5) is 0. The van der Waals surface area contributed by atoms with Gasteiger partial charge in [-0.25, -0.2) is 0 Å². The Kier molecular flexibility index (Phi) is 3.03. The van der Waals surface area contributed by atoms with Crippen LogP contribution in [0.2, 0.25) is 0 Å². The topological polar surface area (TPSA) is 21.8 Å². The fourth-order valence-electron chi connectivity index (χ4n) is 2.15. The Morgan fingerprint density at radius 2 is 2.11 bits per heavy atom. The molecule has 2 heteroatoms. The Morgan fingerprint density at radius 3 is 2.89 bits per heavy atom. The molecule has 1 fully saturated rings. The van der Waals surface area contributed by atoms with E-state index in [9.17, 15) is 0 Å². The van der Waals surface area contributed by atoms with Crippen molar-refractivity contribution in [2.75, 3.05) is 13.2 Å². The minimum atomic E-state index is 0.285. The molecule has 1 heterocycles. The summed E-state index contributed by atoms with van der Waals surface area (Å²) < 4.78 is 11.0. The van der Waals surface area contributed by atoms with Gasteiger partial charge >= 0.3 is 0 Å². The summed E-state index contributed by atoms with van der Waals surface area (Å²) in [6, 6.07) is 12.5. The SMILES string of the molecule is C=CCc1c(OCC2CO2)ccc2ccccc12. The van der Waals surface area contributed by atoms with Crippen LogP contribution in [0.5, 0.6) is 5.75 Å². The molecule has 0 aliphatic carbocycles. The monoisotopic (exact) mass is 240 g/mol. The Bertz CT molecular complexity index is 570. The van der Waals surface area contributed by atoms with Crippen LogP contribution in [0.3, 0.4) is 0 Å². The van der Waals surface area contributed by atoms with E-state index in [1.165, 1.54) is 16.3 Å². The van der Waals surface area contributed by atoms with E-state index in [1.54, 1.807) is 0 Å². The first kappa shape index (κ1) is 11.3. The fourth-order valence-corrected chi connectivity index (χ4v) is 2.15. The summed E-state index contributed by atoms with van der Waals surface area (Å²) in [5, 5.41) is 2.48. The molecule has 0 radical (unpaired) electrons. The zero-order valence-electron chi connectivity index (χ0n) is 10.3. The van der Waals surface area contributed by atoms with Crippen molar-refractivity contribution in [3.05, 3.63) is 54.6 Å². The number of rotatable bonds is 5. The second-order valence-corrected chi connectivity index (χ2v) is 4.52. The molecule has 0 saturated carbocycles. The van der Waals surface area contributed by atoms with Crippen LogP contribution >= 0.6 is 0 Å². The van der Waals surface area contributed by atoms with Crippen LogP contribution in [0.1, 0.15) is 5.56 Å². The largest absolute Gasteiger partial charge is 0.490 e. The van der Waals surface area contributed by atoms with E-state index in [1.807, 2.05) is 12.1 Å². The maximum Gasteiger partial charge on any atom is 0.123 e. The highest BCUT2D eigenvalue weighted by molar-refractivity contribution is 5.87. The lowest BCUT2D eigenvalue weighted by atomic mass is 10.0. The highest BCUT2D eigenvalue weighted by Gasteiger charge is 2.23. The van der Waals surface area contributed by atoms with Gasteiger partial charge in [-0.05, 0) is 23.3 Å². The molecule has 0 spiro atoms. The van der Waals surface area contributed by atoms with Crippen LogP contribution in [0, 0.1) is 0 Å². The van der Waals surface area contributed by atoms with E-state index in [2.05, 4.69) is 36.9 Å². The van der Waals surface area contributed by atoms with Gasteiger partial charge in [0.05, 0.1) is 6.61 Å². The fraction of sp³-hybridized carbons (Fsp3) is 0.250. The van der Waals surface area contributed by atoms with Crippen LogP contribution in [0.4, 0.5) is 0 Å². The number of fused-ring (bicyclic) bond motifs is 1. The number of epoxide rings is 1. The molecule has 2 nitrogen and oxygen atoms in total. The zero-order valence-corrected chi connectivity index (χ0v) is 10.3. The minimum absolute atomic E-state index is 0.285. The molecule has 92 valence electrons. The summed E-state index contributed by atoms with van der Waals surface area (Å²) >= 11 is 0. The molecule has 0 aromatic heterocycles. The van der Waals surface area contributed by atoms with Gasteiger partial charge in [-0.1, -0.05) is 36.4 Å². The van der Waals surface area contributed by atoms with E-state index in [0.717, 1.165) is 18.8 Å². The average molecular weight is 240 g/mol. The quantitative estimate of drug-likeness (QED) is 0.590. The third-order valence-electron chi connectivity index (χ3n) is 3.17. The van der Waals surface area contributed by atoms with E-state index >= 15 is 0 Å². The van der Waals surface area contributed by atoms with Gasteiger partial charge in [-0.3, -0.25) is 0 Å². The number of allylic oxidation sites excluding steroid dienone is 1. The van der Waals surface area contributed by atoms with Crippen molar-refractivity contribution in [2.24, 2.45) is 0 Å². The van der Waals surface area contributed by atoms with Gasteiger partial charge in [0.1, 0.15) is 18.5 Å². The molecular weight excluding hydrogens is 224 g/mol. The molecule has 1 aliphatic rings. The van der Waals surface area contributed by atoms with Crippen molar-refractivity contribution in [1.29, 1.82) is 0 Å². The summed E-state index contributed by atoms with van der Waals surface area (Å²) in [6.45, 7) is 5.30. The van der Waals surface area contributed by atoms with Crippen molar-refractivity contribution >= 4 is 10.8 Å². The molecule has 3 rings (SSSR count). The van der Waals surface area contributed by atoms with Gasteiger partial charge in [0.2, 0.25) is 0 Å². The number of hydrogen-bond donors (Lipinski definition) is 0. The molecule has 0 N–H and O–H groups in total. The van der Waals surface area contributed by atoms with E-state index in [4.69, 9.17) is 9.47 Å². The molecule has 0 amide bonds. The van der Waals surface area contributed by atoms with Crippen molar-refractivity contribution < 1.29 is 9.47 Å². The average Bonchev–Trinajstić information content (AvgIpc) is 3.22. The smallest absolute Gasteiger partial charge is 0.123 e. The van der Waals surface area contributed by atoms with Gasteiger partial charge in [0, 0.05) is 5.56 Å². The molecule has 1 atom stereocenters. The lowest BCUT2D eigenvalue weighted by Gasteiger charge is -2.12. The predicted octanol–water partition coefficient (Wildman–Crippen LogP) is 3.35. The van der Waals surface area contributed by atoms with Crippen LogP contribution in [-0.4, -0.2) is 19.3 Å². The molecule has 18 heavy (non-hydrogen) atoms. The standard InChI is InChI=1S/C16H16O2/c1-2-5-15-14-7-4-3-6-12(14)8-9-16(15)18-11-13-10-17-13/h2-4,6-9,13H,1,5,10-11H2. The van der Waals surface area contributed by atoms with Crippen molar-refractivity contribution in [1.82, 2.24) is 0 Å².